The fourth-order valence-corrected chi connectivity index (χ4v) is 4.37. The van der Waals surface area contributed by atoms with Crippen LogP contribution >= 0.6 is 11.3 Å². The molecule has 178 valence electrons. The van der Waals surface area contributed by atoms with Gasteiger partial charge in [-0.3, -0.25) is 14.9 Å². The highest BCUT2D eigenvalue weighted by Gasteiger charge is 2.26. The number of nitro benzene ring substituents is 1. The normalized spacial score (nSPS) is 10.9. The van der Waals surface area contributed by atoms with Gasteiger partial charge in [-0.25, -0.2) is 4.79 Å². The van der Waals surface area contributed by atoms with Gasteiger partial charge in [-0.05, 0) is 55.3 Å². The highest BCUT2D eigenvalue weighted by molar-refractivity contribution is 7.17. The number of non-ortho nitro benzene ring substituents is 1. The van der Waals surface area contributed by atoms with Crippen LogP contribution in [-0.4, -0.2) is 30.5 Å². The van der Waals surface area contributed by atoms with Crippen molar-refractivity contribution in [2.24, 2.45) is 0 Å². The summed E-state index contributed by atoms with van der Waals surface area (Å²) in [5.74, 6) is -0.708. The van der Waals surface area contributed by atoms with E-state index in [-0.39, 0.29) is 28.4 Å². The molecule has 0 aliphatic rings. The van der Waals surface area contributed by atoms with Gasteiger partial charge in [-0.15, -0.1) is 11.3 Å². The van der Waals surface area contributed by atoms with Crippen molar-refractivity contribution >= 4 is 40.0 Å². The molecule has 0 atom stereocenters. The van der Waals surface area contributed by atoms with Crippen LogP contribution in [0.25, 0.3) is 17.2 Å². The molecule has 0 saturated heterocycles. The van der Waals surface area contributed by atoms with Crippen molar-refractivity contribution in [1.82, 2.24) is 0 Å². The number of carbonyl (C=O) groups excluding carboxylic acids is 2. The minimum Gasteiger partial charge on any atom is -0.497 e. The summed E-state index contributed by atoms with van der Waals surface area (Å²) in [5.41, 5.74) is 1.55. The van der Waals surface area contributed by atoms with Crippen LogP contribution in [0.15, 0.2) is 54.1 Å². The molecule has 2 aromatic carbocycles. The lowest BCUT2D eigenvalue weighted by atomic mass is 10.0. The molecule has 0 fully saturated rings. The van der Waals surface area contributed by atoms with Crippen molar-refractivity contribution in [3.05, 3.63) is 80.2 Å². The number of carbonyl (C=O) groups is 2. The molecule has 1 heterocycles. The highest BCUT2D eigenvalue weighted by Crippen LogP contribution is 2.41. The van der Waals surface area contributed by atoms with Crippen LogP contribution in [0, 0.1) is 28.4 Å². The Hall–Kier alpha value is -4.49. The first-order valence-electron chi connectivity index (χ1n) is 10.4. The van der Waals surface area contributed by atoms with Crippen LogP contribution in [0.3, 0.4) is 0 Å². The Morgan fingerprint density at radius 2 is 1.83 bits per heavy atom. The van der Waals surface area contributed by atoms with Gasteiger partial charge < -0.3 is 14.8 Å². The van der Waals surface area contributed by atoms with Crippen molar-refractivity contribution in [1.29, 1.82) is 5.26 Å². The SMILES string of the molecule is CCOC(=O)c1c(NC(=O)/C(C#N)=C/c2ccc(OC)cc2)sc(C)c1-c1ccc([N+](=O)[O-])cc1. The number of nitrogens with zero attached hydrogens (tertiary/aromatic N) is 2. The zero-order valence-electron chi connectivity index (χ0n) is 19.2. The predicted octanol–water partition coefficient (Wildman–Crippen LogP) is 5.36. The van der Waals surface area contributed by atoms with Gasteiger partial charge in [-0.1, -0.05) is 12.1 Å². The van der Waals surface area contributed by atoms with E-state index in [2.05, 4.69) is 5.32 Å². The van der Waals surface area contributed by atoms with Crippen LogP contribution in [0.5, 0.6) is 5.75 Å². The number of methoxy groups -OCH3 is 1. The molecule has 1 aromatic heterocycles. The van der Waals surface area contributed by atoms with Crippen molar-refractivity contribution < 1.29 is 24.0 Å². The number of hydrogen-bond acceptors (Lipinski definition) is 8. The summed E-state index contributed by atoms with van der Waals surface area (Å²) in [6, 6.07) is 14.4. The predicted molar refractivity (Wildman–Crippen MR) is 132 cm³/mol. The van der Waals surface area contributed by atoms with Crippen LogP contribution in [0.2, 0.25) is 0 Å². The molecule has 0 saturated carbocycles. The van der Waals surface area contributed by atoms with Crippen molar-refractivity contribution in [3.63, 3.8) is 0 Å². The first-order chi connectivity index (χ1) is 16.8. The average Bonchev–Trinajstić information content (AvgIpc) is 3.18. The number of esters is 1. The molecule has 1 amide bonds. The number of aryl methyl sites for hydroxylation is 1. The summed E-state index contributed by atoms with van der Waals surface area (Å²) < 4.78 is 10.3. The van der Waals surface area contributed by atoms with Crippen molar-refractivity contribution in [2.75, 3.05) is 19.0 Å². The lowest BCUT2D eigenvalue weighted by Crippen LogP contribution is -2.16. The first kappa shape index (κ1) is 25.1. The maximum Gasteiger partial charge on any atom is 0.341 e. The number of rotatable bonds is 8. The number of nitrogens with one attached hydrogen (secondary N) is 1. The molecule has 0 radical (unpaired) electrons. The van der Waals surface area contributed by atoms with E-state index in [1.807, 2.05) is 6.07 Å². The molecule has 1 N–H and O–H groups in total. The second kappa shape index (κ2) is 11.1. The monoisotopic (exact) mass is 491 g/mol. The highest BCUT2D eigenvalue weighted by atomic mass is 32.1. The number of amides is 1. The summed E-state index contributed by atoms with van der Waals surface area (Å²) >= 11 is 1.15. The number of benzene rings is 2. The van der Waals surface area contributed by atoms with E-state index in [9.17, 15) is 25.0 Å². The second-order valence-electron chi connectivity index (χ2n) is 7.16. The fraction of sp³-hybridized carbons (Fsp3) is 0.160. The summed E-state index contributed by atoms with van der Waals surface area (Å²) in [4.78, 5) is 37.0. The summed E-state index contributed by atoms with van der Waals surface area (Å²) in [7, 11) is 1.54. The van der Waals surface area contributed by atoms with E-state index < -0.39 is 16.8 Å². The molecule has 9 nitrogen and oxygen atoms in total. The molecule has 0 aliphatic heterocycles. The van der Waals surface area contributed by atoms with E-state index in [1.54, 1.807) is 38.1 Å². The van der Waals surface area contributed by atoms with Crippen molar-refractivity contribution in [2.45, 2.75) is 13.8 Å². The molecular formula is C25H21N3O6S. The third kappa shape index (κ3) is 5.72. The van der Waals surface area contributed by atoms with Gasteiger partial charge in [0.15, 0.2) is 0 Å². The third-order valence-corrected chi connectivity index (χ3v) is 5.97. The topological polar surface area (TPSA) is 132 Å². The van der Waals surface area contributed by atoms with Crippen molar-refractivity contribution in [3.8, 4) is 22.9 Å². The molecular weight excluding hydrogens is 470 g/mol. The molecule has 0 bridgehead atoms. The Morgan fingerprint density at radius 1 is 1.17 bits per heavy atom. The number of nitriles is 1. The lowest BCUT2D eigenvalue weighted by molar-refractivity contribution is -0.384. The number of ether oxygens (including phenoxy) is 2. The Morgan fingerprint density at radius 3 is 2.37 bits per heavy atom. The molecule has 0 spiro atoms. The minimum atomic E-state index is -0.689. The minimum absolute atomic E-state index is 0.0878. The number of hydrogen-bond donors (Lipinski definition) is 1. The average molecular weight is 492 g/mol. The van der Waals surface area contributed by atoms with Crippen LogP contribution in [0.4, 0.5) is 10.7 Å². The third-order valence-electron chi connectivity index (χ3n) is 4.95. The Bertz CT molecular complexity index is 1340. The lowest BCUT2D eigenvalue weighted by Gasteiger charge is -2.09. The summed E-state index contributed by atoms with van der Waals surface area (Å²) in [6.07, 6.45) is 1.43. The van der Waals surface area contributed by atoms with Gasteiger partial charge >= 0.3 is 5.97 Å². The number of thiophene rings is 1. The van der Waals surface area contributed by atoms with E-state index in [0.29, 0.717) is 27.3 Å². The van der Waals surface area contributed by atoms with E-state index in [0.717, 1.165) is 11.3 Å². The summed E-state index contributed by atoms with van der Waals surface area (Å²) in [5, 5.41) is 23.4. The Balaban J connectivity index is 2.00. The smallest absolute Gasteiger partial charge is 0.341 e. The second-order valence-corrected chi connectivity index (χ2v) is 8.38. The van der Waals surface area contributed by atoms with Gasteiger partial charge in [0.05, 0.1) is 18.6 Å². The maximum atomic E-state index is 12.9. The molecule has 0 aliphatic carbocycles. The van der Waals surface area contributed by atoms with Crippen LogP contribution in [-0.2, 0) is 9.53 Å². The van der Waals surface area contributed by atoms with E-state index in [1.165, 1.54) is 37.5 Å². The van der Waals surface area contributed by atoms with Gasteiger partial charge in [-0.2, -0.15) is 5.26 Å². The summed E-state index contributed by atoms with van der Waals surface area (Å²) in [6.45, 7) is 3.53. The van der Waals surface area contributed by atoms with Gasteiger partial charge in [0.1, 0.15) is 28.0 Å². The van der Waals surface area contributed by atoms with E-state index >= 15 is 0 Å². The first-order valence-corrected chi connectivity index (χ1v) is 11.2. The molecule has 3 aromatic rings. The van der Waals surface area contributed by atoms with Crippen LogP contribution < -0.4 is 10.1 Å². The van der Waals surface area contributed by atoms with Gasteiger partial charge in [0, 0.05) is 22.6 Å². The number of anilines is 1. The molecule has 35 heavy (non-hydrogen) atoms. The molecule has 0 unspecified atom stereocenters. The molecule has 3 rings (SSSR count). The zero-order chi connectivity index (χ0) is 25.5. The van der Waals surface area contributed by atoms with Crippen LogP contribution in [0.1, 0.15) is 27.7 Å². The maximum absolute atomic E-state index is 12.9. The number of nitro groups is 1. The quantitative estimate of drug-likeness (QED) is 0.147. The van der Waals surface area contributed by atoms with Gasteiger partial charge in [0.2, 0.25) is 0 Å². The molecule has 10 heteroatoms. The van der Waals surface area contributed by atoms with E-state index in [4.69, 9.17) is 9.47 Å². The largest absolute Gasteiger partial charge is 0.497 e. The Labute approximate surface area is 205 Å². The standard InChI is InChI=1S/C25H21N3O6S/c1-4-34-25(30)22-21(17-7-9-19(10-8-17)28(31)32)15(2)35-24(22)27-23(29)18(14-26)13-16-5-11-20(33-3)12-6-16/h5-13H,4H2,1-3H3,(H,27,29)/b18-13+. The zero-order valence-corrected chi connectivity index (χ0v) is 20.0. The van der Waals surface area contributed by atoms with Gasteiger partial charge in [0.25, 0.3) is 11.6 Å². The fourth-order valence-electron chi connectivity index (χ4n) is 3.31. The Kier molecular flexibility index (Phi) is 7.96.